The van der Waals surface area contributed by atoms with E-state index in [-0.39, 0.29) is 17.2 Å². The van der Waals surface area contributed by atoms with Crippen LogP contribution in [0.15, 0.2) is 24.4 Å². The van der Waals surface area contributed by atoms with E-state index < -0.39 is 17.6 Å². The van der Waals surface area contributed by atoms with E-state index in [1.165, 1.54) is 12.3 Å². The molecule has 1 heterocycles. The van der Waals surface area contributed by atoms with Gasteiger partial charge in [0, 0.05) is 17.8 Å². The van der Waals surface area contributed by atoms with Crippen LogP contribution in [0, 0.1) is 11.6 Å². The van der Waals surface area contributed by atoms with Crippen molar-refractivity contribution in [1.82, 2.24) is 4.98 Å². The first-order valence-electron chi connectivity index (χ1n) is 5.20. The second kappa shape index (κ2) is 5.22. The predicted octanol–water partition coefficient (Wildman–Crippen LogP) is 3.27. The van der Waals surface area contributed by atoms with Crippen molar-refractivity contribution in [2.24, 2.45) is 0 Å². The molecule has 94 valence electrons. The number of ether oxygens (including phenoxy) is 1. The Morgan fingerprint density at radius 1 is 1.44 bits per heavy atom. The van der Waals surface area contributed by atoms with Crippen molar-refractivity contribution in [1.29, 1.82) is 0 Å². The molecule has 0 bridgehead atoms. The predicted molar refractivity (Wildman–Crippen MR) is 63.4 cm³/mol. The van der Waals surface area contributed by atoms with Gasteiger partial charge in [-0.25, -0.2) is 18.6 Å². The van der Waals surface area contributed by atoms with Crippen molar-refractivity contribution in [2.75, 3.05) is 6.61 Å². The van der Waals surface area contributed by atoms with Gasteiger partial charge in [-0.1, -0.05) is 0 Å². The van der Waals surface area contributed by atoms with E-state index in [1.807, 2.05) is 0 Å². The summed E-state index contributed by atoms with van der Waals surface area (Å²) in [5.41, 5.74) is 0.212. The molecular formula is C12H9F2NO2S. The van der Waals surface area contributed by atoms with Gasteiger partial charge in [0.05, 0.1) is 11.5 Å². The van der Waals surface area contributed by atoms with Crippen molar-refractivity contribution >= 4 is 17.3 Å². The average Bonchev–Trinajstić information content (AvgIpc) is 2.78. The summed E-state index contributed by atoms with van der Waals surface area (Å²) in [6.45, 7) is 1.94. The molecule has 0 fully saturated rings. The number of hydrogen-bond acceptors (Lipinski definition) is 4. The van der Waals surface area contributed by atoms with Crippen LogP contribution in [0.1, 0.15) is 16.7 Å². The number of rotatable bonds is 3. The number of hydrogen-bond donors (Lipinski definition) is 0. The number of aromatic nitrogens is 1. The maximum atomic E-state index is 13.5. The number of halogens is 2. The van der Waals surface area contributed by atoms with Crippen molar-refractivity contribution in [3.63, 3.8) is 0 Å². The van der Waals surface area contributed by atoms with Gasteiger partial charge in [-0.05, 0) is 19.1 Å². The Balaban J connectivity index is 2.32. The van der Waals surface area contributed by atoms with Gasteiger partial charge in [-0.2, -0.15) is 0 Å². The summed E-state index contributed by atoms with van der Waals surface area (Å²) in [4.78, 5) is 15.7. The monoisotopic (exact) mass is 269 g/mol. The zero-order valence-corrected chi connectivity index (χ0v) is 10.3. The zero-order valence-electron chi connectivity index (χ0n) is 9.44. The van der Waals surface area contributed by atoms with Crippen LogP contribution in [0.3, 0.4) is 0 Å². The minimum Gasteiger partial charge on any atom is -0.461 e. The van der Waals surface area contributed by atoms with Crippen molar-refractivity contribution in [3.8, 4) is 10.4 Å². The van der Waals surface area contributed by atoms with Gasteiger partial charge in [0.15, 0.2) is 0 Å². The summed E-state index contributed by atoms with van der Waals surface area (Å²) >= 11 is 1.01. The van der Waals surface area contributed by atoms with E-state index in [9.17, 15) is 13.6 Å². The molecule has 6 heteroatoms. The van der Waals surface area contributed by atoms with Crippen LogP contribution in [-0.4, -0.2) is 17.6 Å². The molecule has 2 rings (SSSR count). The van der Waals surface area contributed by atoms with Crippen LogP contribution in [0.2, 0.25) is 0 Å². The summed E-state index contributed by atoms with van der Waals surface area (Å²) in [5.74, 6) is -1.88. The van der Waals surface area contributed by atoms with Gasteiger partial charge in [0.25, 0.3) is 0 Å². The average molecular weight is 269 g/mol. The Morgan fingerprint density at radius 2 is 2.22 bits per heavy atom. The van der Waals surface area contributed by atoms with Gasteiger partial charge < -0.3 is 4.74 Å². The molecular weight excluding hydrogens is 260 g/mol. The highest BCUT2D eigenvalue weighted by atomic mass is 32.1. The normalized spacial score (nSPS) is 10.4. The Labute approximate surface area is 106 Å². The van der Waals surface area contributed by atoms with Crippen LogP contribution < -0.4 is 0 Å². The van der Waals surface area contributed by atoms with E-state index >= 15 is 0 Å². The van der Waals surface area contributed by atoms with Gasteiger partial charge in [0.1, 0.15) is 11.6 Å². The highest BCUT2D eigenvalue weighted by Crippen LogP contribution is 2.29. The third-order valence-electron chi connectivity index (χ3n) is 2.15. The zero-order chi connectivity index (χ0) is 13.1. The maximum absolute atomic E-state index is 13.5. The highest BCUT2D eigenvalue weighted by molar-refractivity contribution is 7.16. The van der Waals surface area contributed by atoms with E-state index in [0.29, 0.717) is 4.88 Å². The lowest BCUT2D eigenvalue weighted by molar-refractivity contribution is 0.0526. The van der Waals surface area contributed by atoms with E-state index in [1.54, 1.807) is 6.92 Å². The fourth-order valence-electron chi connectivity index (χ4n) is 1.38. The molecule has 0 spiro atoms. The highest BCUT2D eigenvalue weighted by Gasteiger charge is 2.15. The lowest BCUT2D eigenvalue weighted by Crippen LogP contribution is -2.03. The summed E-state index contributed by atoms with van der Waals surface area (Å²) < 4.78 is 31.1. The molecule has 0 aliphatic carbocycles. The van der Waals surface area contributed by atoms with Crippen molar-refractivity contribution in [3.05, 3.63) is 41.0 Å². The van der Waals surface area contributed by atoms with E-state index in [0.717, 1.165) is 23.5 Å². The van der Waals surface area contributed by atoms with Gasteiger partial charge in [-0.3, -0.25) is 0 Å². The van der Waals surface area contributed by atoms with Gasteiger partial charge >= 0.3 is 5.97 Å². The molecule has 0 atom stereocenters. The third-order valence-corrected chi connectivity index (χ3v) is 3.16. The first kappa shape index (κ1) is 12.6. The molecule has 0 amide bonds. The standard InChI is InChI=1S/C12H9F2NO2S/c1-2-17-12(16)11-15-6-10(18-11)8-4-3-7(13)5-9(8)14/h3-6H,2H2,1H3. The molecule has 0 saturated heterocycles. The Bertz CT molecular complexity index is 583. The molecule has 2 aromatic rings. The largest absolute Gasteiger partial charge is 0.461 e. The van der Waals surface area contributed by atoms with E-state index in [2.05, 4.69) is 4.98 Å². The Hall–Kier alpha value is -1.82. The summed E-state index contributed by atoms with van der Waals surface area (Å²) in [6, 6.07) is 3.26. The first-order chi connectivity index (χ1) is 8.61. The van der Waals surface area contributed by atoms with Crippen LogP contribution >= 0.6 is 11.3 Å². The Morgan fingerprint density at radius 3 is 2.89 bits per heavy atom. The minimum absolute atomic E-state index is 0.149. The van der Waals surface area contributed by atoms with Crippen LogP contribution in [-0.2, 0) is 4.74 Å². The molecule has 3 nitrogen and oxygen atoms in total. The fraction of sp³-hybridized carbons (Fsp3) is 0.167. The molecule has 0 aliphatic rings. The summed E-state index contributed by atoms with van der Waals surface area (Å²) in [7, 11) is 0. The molecule has 0 radical (unpaired) electrons. The molecule has 1 aromatic heterocycles. The minimum atomic E-state index is -0.686. The number of benzene rings is 1. The molecule has 0 N–H and O–H groups in total. The second-order valence-electron chi connectivity index (χ2n) is 3.37. The molecule has 0 aliphatic heterocycles. The smallest absolute Gasteiger partial charge is 0.367 e. The number of nitrogens with zero attached hydrogens (tertiary/aromatic N) is 1. The lowest BCUT2D eigenvalue weighted by Gasteiger charge is -1.99. The fourth-order valence-corrected chi connectivity index (χ4v) is 2.21. The van der Waals surface area contributed by atoms with Gasteiger partial charge in [0.2, 0.25) is 5.01 Å². The molecule has 0 unspecified atom stereocenters. The van der Waals surface area contributed by atoms with Crippen molar-refractivity contribution < 1.29 is 18.3 Å². The quantitative estimate of drug-likeness (QED) is 0.803. The summed E-state index contributed by atoms with van der Waals surface area (Å²) in [6.07, 6.45) is 1.37. The summed E-state index contributed by atoms with van der Waals surface area (Å²) in [5, 5.41) is 0.149. The van der Waals surface area contributed by atoms with Crippen LogP contribution in [0.5, 0.6) is 0 Å². The van der Waals surface area contributed by atoms with Crippen LogP contribution in [0.4, 0.5) is 8.78 Å². The lowest BCUT2D eigenvalue weighted by atomic mass is 10.2. The van der Waals surface area contributed by atoms with Crippen molar-refractivity contribution in [2.45, 2.75) is 6.92 Å². The number of thiazole rings is 1. The third kappa shape index (κ3) is 2.53. The van der Waals surface area contributed by atoms with E-state index in [4.69, 9.17) is 4.74 Å². The SMILES string of the molecule is CCOC(=O)c1ncc(-c2ccc(F)cc2F)s1. The van der Waals surface area contributed by atoms with Gasteiger partial charge in [-0.15, -0.1) is 11.3 Å². The topological polar surface area (TPSA) is 39.2 Å². The van der Waals surface area contributed by atoms with Crippen LogP contribution in [0.25, 0.3) is 10.4 Å². The molecule has 18 heavy (non-hydrogen) atoms. The number of esters is 1. The number of carbonyl (C=O) groups is 1. The number of carbonyl (C=O) groups excluding carboxylic acids is 1. The maximum Gasteiger partial charge on any atom is 0.367 e. The first-order valence-corrected chi connectivity index (χ1v) is 6.02. The molecule has 1 aromatic carbocycles. The Kier molecular flexibility index (Phi) is 3.66. The molecule has 0 saturated carbocycles. The second-order valence-corrected chi connectivity index (χ2v) is 4.40.